The van der Waals surface area contributed by atoms with Crippen molar-refractivity contribution in [2.24, 2.45) is 0 Å². The molecule has 2 heteroatoms. The molecular formula is C18H23NS. The van der Waals surface area contributed by atoms with Crippen LogP contribution in [0.5, 0.6) is 0 Å². The summed E-state index contributed by atoms with van der Waals surface area (Å²) in [6.45, 7) is 8.55. The topological polar surface area (TPSA) is 12.0 Å². The number of benzene rings is 2. The third-order valence-corrected chi connectivity index (χ3v) is 4.30. The summed E-state index contributed by atoms with van der Waals surface area (Å²) in [5, 5.41) is 3.34. The van der Waals surface area contributed by atoms with E-state index in [1.54, 1.807) is 0 Å². The maximum atomic E-state index is 3.34. The number of rotatable bonds is 6. The first kappa shape index (κ1) is 15.1. The third-order valence-electron chi connectivity index (χ3n) is 3.28. The number of nitrogens with one attached hydrogen (secondary N) is 1. The summed E-state index contributed by atoms with van der Waals surface area (Å²) in [6, 6.07) is 17.7. The van der Waals surface area contributed by atoms with E-state index in [-0.39, 0.29) is 0 Å². The lowest BCUT2D eigenvalue weighted by molar-refractivity contribution is 0.726. The van der Waals surface area contributed by atoms with Gasteiger partial charge in [-0.25, -0.2) is 0 Å². The zero-order valence-electron chi connectivity index (χ0n) is 12.5. The van der Waals surface area contributed by atoms with E-state index in [9.17, 15) is 0 Å². The van der Waals surface area contributed by atoms with Crippen LogP contribution in [0.3, 0.4) is 0 Å². The van der Waals surface area contributed by atoms with Gasteiger partial charge in [-0.2, -0.15) is 0 Å². The largest absolute Gasteiger partial charge is 0.313 e. The molecule has 106 valence electrons. The highest BCUT2D eigenvalue weighted by Crippen LogP contribution is 2.29. The summed E-state index contributed by atoms with van der Waals surface area (Å²) in [5.41, 5.74) is 2.74. The second kappa shape index (κ2) is 7.51. The highest BCUT2D eigenvalue weighted by Gasteiger charge is 2.01. The molecule has 1 nitrogen and oxygen atoms in total. The normalized spacial score (nSPS) is 11.0. The van der Waals surface area contributed by atoms with Gasteiger partial charge in [0.25, 0.3) is 0 Å². The molecule has 20 heavy (non-hydrogen) atoms. The third kappa shape index (κ3) is 4.39. The first-order valence-corrected chi connectivity index (χ1v) is 8.08. The van der Waals surface area contributed by atoms with Gasteiger partial charge in [0.2, 0.25) is 0 Å². The maximum Gasteiger partial charge on any atom is 0.0205 e. The van der Waals surface area contributed by atoms with Gasteiger partial charge in [0.1, 0.15) is 0 Å². The summed E-state index contributed by atoms with van der Waals surface area (Å²) in [7, 11) is 0. The lowest BCUT2D eigenvalue weighted by Crippen LogP contribution is -2.11. The van der Waals surface area contributed by atoms with E-state index in [1.807, 2.05) is 11.8 Å². The lowest BCUT2D eigenvalue weighted by atomic mass is 10.0. The Hall–Kier alpha value is -1.25. The second-order valence-corrected chi connectivity index (χ2v) is 6.40. The Labute approximate surface area is 126 Å². The van der Waals surface area contributed by atoms with E-state index < -0.39 is 0 Å². The molecule has 0 unspecified atom stereocenters. The summed E-state index contributed by atoms with van der Waals surface area (Å²) >= 11 is 1.82. The van der Waals surface area contributed by atoms with Gasteiger partial charge in [0.05, 0.1) is 0 Å². The minimum absolute atomic E-state index is 0.597. The van der Waals surface area contributed by atoms with Crippen LogP contribution < -0.4 is 5.32 Å². The fraction of sp³-hybridized carbons (Fsp3) is 0.333. The van der Waals surface area contributed by atoms with E-state index in [0.29, 0.717) is 5.92 Å². The van der Waals surface area contributed by atoms with Gasteiger partial charge in [0.15, 0.2) is 0 Å². The van der Waals surface area contributed by atoms with Crippen molar-refractivity contribution in [3.8, 4) is 0 Å². The molecule has 0 saturated carbocycles. The minimum atomic E-state index is 0.597. The van der Waals surface area contributed by atoms with Gasteiger partial charge in [-0.05, 0) is 47.9 Å². The Bertz CT molecular complexity index is 514. The van der Waals surface area contributed by atoms with Crippen LogP contribution in [0.25, 0.3) is 0 Å². The standard InChI is InChI=1S/C18H23NS/c1-4-19-13-15-5-9-17(10-6-15)20-18-11-7-16(8-12-18)14(2)3/h5-12,14,19H,4,13H2,1-3H3. The molecule has 0 fully saturated rings. The fourth-order valence-corrected chi connectivity index (χ4v) is 2.82. The fourth-order valence-electron chi connectivity index (χ4n) is 2.00. The monoisotopic (exact) mass is 285 g/mol. The first-order valence-electron chi connectivity index (χ1n) is 7.26. The van der Waals surface area contributed by atoms with Gasteiger partial charge < -0.3 is 5.32 Å². The summed E-state index contributed by atoms with van der Waals surface area (Å²) < 4.78 is 0. The summed E-state index contributed by atoms with van der Waals surface area (Å²) in [6.07, 6.45) is 0. The Morgan fingerprint density at radius 3 is 1.95 bits per heavy atom. The molecule has 0 spiro atoms. The summed E-state index contributed by atoms with van der Waals surface area (Å²) in [5.74, 6) is 0.597. The molecule has 0 radical (unpaired) electrons. The van der Waals surface area contributed by atoms with Crippen LogP contribution in [-0.4, -0.2) is 6.54 Å². The molecule has 0 saturated heterocycles. The van der Waals surface area contributed by atoms with Crippen LogP contribution in [-0.2, 0) is 6.54 Å². The Balaban J connectivity index is 1.98. The van der Waals surface area contributed by atoms with Crippen LogP contribution in [0.4, 0.5) is 0 Å². The minimum Gasteiger partial charge on any atom is -0.313 e. The molecule has 2 aromatic carbocycles. The van der Waals surface area contributed by atoms with Gasteiger partial charge in [0, 0.05) is 16.3 Å². The maximum absolute atomic E-state index is 3.34. The molecule has 0 aliphatic rings. The molecule has 0 bridgehead atoms. The Morgan fingerprint density at radius 1 is 0.900 bits per heavy atom. The lowest BCUT2D eigenvalue weighted by Gasteiger charge is -2.07. The van der Waals surface area contributed by atoms with Crippen molar-refractivity contribution in [2.75, 3.05) is 6.54 Å². The molecule has 0 aromatic heterocycles. The van der Waals surface area contributed by atoms with Crippen LogP contribution >= 0.6 is 11.8 Å². The van der Waals surface area contributed by atoms with Crippen LogP contribution in [0.15, 0.2) is 58.3 Å². The first-order chi connectivity index (χ1) is 9.69. The predicted molar refractivity (Wildman–Crippen MR) is 88.5 cm³/mol. The SMILES string of the molecule is CCNCc1ccc(Sc2ccc(C(C)C)cc2)cc1. The van der Waals surface area contributed by atoms with Crippen molar-refractivity contribution in [1.82, 2.24) is 5.32 Å². The molecule has 0 aliphatic heterocycles. The Kier molecular flexibility index (Phi) is 5.69. The molecular weight excluding hydrogens is 262 g/mol. The molecule has 0 atom stereocenters. The van der Waals surface area contributed by atoms with E-state index in [4.69, 9.17) is 0 Å². The highest BCUT2D eigenvalue weighted by molar-refractivity contribution is 7.99. The Morgan fingerprint density at radius 2 is 1.45 bits per heavy atom. The molecule has 0 heterocycles. The smallest absolute Gasteiger partial charge is 0.0205 e. The molecule has 0 amide bonds. The number of hydrogen-bond donors (Lipinski definition) is 1. The van der Waals surface area contributed by atoms with E-state index in [2.05, 4.69) is 74.6 Å². The predicted octanol–water partition coefficient (Wildman–Crippen LogP) is 5.07. The van der Waals surface area contributed by atoms with Crippen LogP contribution in [0, 0.1) is 0 Å². The molecule has 0 aliphatic carbocycles. The highest BCUT2D eigenvalue weighted by atomic mass is 32.2. The number of hydrogen-bond acceptors (Lipinski definition) is 2. The zero-order valence-corrected chi connectivity index (χ0v) is 13.3. The van der Waals surface area contributed by atoms with Gasteiger partial charge in [-0.1, -0.05) is 56.8 Å². The van der Waals surface area contributed by atoms with Gasteiger partial charge >= 0.3 is 0 Å². The summed E-state index contributed by atoms with van der Waals surface area (Å²) in [4.78, 5) is 2.59. The van der Waals surface area contributed by atoms with E-state index in [0.717, 1.165) is 13.1 Å². The quantitative estimate of drug-likeness (QED) is 0.795. The van der Waals surface area contributed by atoms with Crippen molar-refractivity contribution < 1.29 is 0 Å². The van der Waals surface area contributed by atoms with Crippen molar-refractivity contribution in [3.05, 3.63) is 59.7 Å². The molecule has 1 N–H and O–H groups in total. The van der Waals surface area contributed by atoms with Gasteiger partial charge in [-0.15, -0.1) is 0 Å². The van der Waals surface area contributed by atoms with E-state index >= 15 is 0 Å². The average Bonchev–Trinajstić information content (AvgIpc) is 2.47. The van der Waals surface area contributed by atoms with Crippen molar-refractivity contribution in [3.63, 3.8) is 0 Å². The average molecular weight is 285 g/mol. The van der Waals surface area contributed by atoms with Crippen molar-refractivity contribution in [2.45, 2.75) is 43.0 Å². The molecule has 2 aromatic rings. The second-order valence-electron chi connectivity index (χ2n) is 5.25. The zero-order chi connectivity index (χ0) is 14.4. The van der Waals surface area contributed by atoms with E-state index in [1.165, 1.54) is 20.9 Å². The van der Waals surface area contributed by atoms with Crippen LogP contribution in [0.2, 0.25) is 0 Å². The van der Waals surface area contributed by atoms with Gasteiger partial charge in [-0.3, -0.25) is 0 Å². The van der Waals surface area contributed by atoms with Crippen molar-refractivity contribution in [1.29, 1.82) is 0 Å². The molecule has 2 rings (SSSR count). The van der Waals surface area contributed by atoms with Crippen molar-refractivity contribution >= 4 is 11.8 Å². The van der Waals surface area contributed by atoms with Crippen LogP contribution in [0.1, 0.15) is 37.8 Å².